The molecule has 0 saturated heterocycles. The van der Waals surface area contributed by atoms with Gasteiger partial charge in [-0.2, -0.15) is 0 Å². The second-order valence-corrected chi connectivity index (χ2v) is 5.20. The van der Waals surface area contributed by atoms with Crippen LogP contribution in [-0.2, 0) is 6.54 Å². The molecule has 1 fully saturated rings. The van der Waals surface area contributed by atoms with Crippen LogP contribution in [0.4, 0.5) is 0 Å². The molecule has 100 valence electrons. The van der Waals surface area contributed by atoms with E-state index in [1.54, 1.807) is 17.0 Å². The van der Waals surface area contributed by atoms with E-state index < -0.39 is 0 Å². The van der Waals surface area contributed by atoms with E-state index in [2.05, 4.69) is 10.3 Å². The molecule has 1 aliphatic carbocycles. The van der Waals surface area contributed by atoms with Crippen LogP contribution in [0.5, 0.6) is 0 Å². The van der Waals surface area contributed by atoms with Gasteiger partial charge in [0.05, 0.1) is 6.33 Å². The van der Waals surface area contributed by atoms with Gasteiger partial charge in [0, 0.05) is 24.3 Å². The minimum absolute atomic E-state index is 0.0557. The van der Waals surface area contributed by atoms with Gasteiger partial charge in [0.2, 0.25) is 0 Å². The summed E-state index contributed by atoms with van der Waals surface area (Å²) in [5.41, 5.74) is 0.844. The highest BCUT2D eigenvalue weighted by Crippen LogP contribution is 2.17. The van der Waals surface area contributed by atoms with Gasteiger partial charge in [-0.3, -0.25) is 9.36 Å². The van der Waals surface area contributed by atoms with E-state index in [0.29, 0.717) is 6.04 Å². The highest BCUT2D eigenvalue weighted by Gasteiger charge is 2.11. The third-order valence-corrected chi connectivity index (χ3v) is 3.63. The van der Waals surface area contributed by atoms with Crippen molar-refractivity contribution in [2.45, 2.75) is 58.0 Å². The SMILES string of the molecule is Cc1cc(=O)n(CCCNC2CCCCC2)cn1. The summed E-state index contributed by atoms with van der Waals surface area (Å²) < 4.78 is 1.69. The molecule has 1 saturated carbocycles. The Kier molecular flexibility index (Phi) is 4.93. The Morgan fingerprint density at radius 2 is 2.17 bits per heavy atom. The highest BCUT2D eigenvalue weighted by atomic mass is 16.1. The van der Waals surface area contributed by atoms with E-state index in [1.165, 1.54) is 32.1 Å². The van der Waals surface area contributed by atoms with Crippen LogP contribution in [0.1, 0.15) is 44.2 Å². The van der Waals surface area contributed by atoms with Gasteiger partial charge in [0.1, 0.15) is 0 Å². The third-order valence-electron chi connectivity index (χ3n) is 3.63. The fourth-order valence-corrected chi connectivity index (χ4v) is 2.55. The molecule has 1 aromatic rings. The Hall–Kier alpha value is -1.16. The summed E-state index contributed by atoms with van der Waals surface area (Å²) in [4.78, 5) is 15.8. The molecule has 0 radical (unpaired) electrons. The molecular formula is C14H23N3O. The van der Waals surface area contributed by atoms with Gasteiger partial charge in [0.25, 0.3) is 5.56 Å². The fraction of sp³-hybridized carbons (Fsp3) is 0.714. The molecule has 4 nitrogen and oxygen atoms in total. The Bertz CT molecular complexity index is 421. The van der Waals surface area contributed by atoms with Crippen LogP contribution < -0.4 is 10.9 Å². The Balaban J connectivity index is 1.70. The zero-order valence-electron chi connectivity index (χ0n) is 11.2. The van der Waals surface area contributed by atoms with E-state index in [4.69, 9.17) is 0 Å². The number of hydrogen-bond donors (Lipinski definition) is 1. The highest BCUT2D eigenvalue weighted by molar-refractivity contribution is 4.95. The minimum Gasteiger partial charge on any atom is -0.314 e. The molecule has 0 aromatic carbocycles. The molecule has 1 aromatic heterocycles. The quantitative estimate of drug-likeness (QED) is 0.810. The van der Waals surface area contributed by atoms with Gasteiger partial charge in [-0.05, 0) is 32.7 Å². The summed E-state index contributed by atoms with van der Waals surface area (Å²) in [5.74, 6) is 0. The number of aryl methyl sites for hydroxylation is 2. The second-order valence-electron chi connectivity index (χ2n) is 5.20. The number of nitrogens with one attached hydrogen (secondary N) is 1. The van der Waals surface area contributed by atoms with Crippen LogP contribution in [0.15, 0.2) is 17.2 Å². The molecular weight excluding hydrogens is 226 g/mol. The molecule has 18 heavy (non-hydrogen) atoms. The Labute approximate surface area is 108 Å². The molecule has 0 amide bonds. The van der Waals surface area contributed by atoms with Gasteiger partial charge in [-0.15, -0.1) is 0 Å². The first kappa shape index (κ1) is 13.3. The number of aromatic nitrogens is 2. The lowest BCUT2D eigenvalue weighted by atomic mass is 9.95. The van der Waals surface area contributed by atoms with Crippen LogP contribution in [0.2, 0.25) is 0 Å². The molecule has 1 aliphatic rings. The Morgan fingerprint density at radius 1 is 1.39 bits per heavy atom. The summed E-state index contributed by atoms with van der Waals surface area (Å²) in [5, 5.41) is 3.59. The molecule has 1 N–H and O–H groups in total. The van der Waals surface area contributed by atoms with Crippen LogP contribution in [0.25, 0.3) is 0 Å². The lowest BCUT2D eigenvalue weighted by molar-refractivity contribution is 0.368. The van der Waals surface area contributed by atoms with Crippen LogP contribution >= 0.6 is 0 Å². The van der Waals surface area contributed by atoms with Gasteiger partial charge < -0.3 is 5.32 Å². The number of hydrogen-bond acceptors (Lipinski definition) is 3. The van der Waals surface area contributed by atoms with Crippen LogP contribution in [0, 0.1) is 6.92 Å². The minimum atomic E-state index is 0.0557. The molecule has 2 rings (SSSR count). The predicted molar refractivity (Wildman–Crippen MR) is 72.7 cm³/mol. The standard InChI is InChI=1S/C14H23N3O/c1-12-10-14(18)17(11-16-12)9-5-8-15-13-6-3-2-4-7-13/h10-11,13,15H,2-9H2,1H3. The predicted octanol–water partition coefficient (Wildman–Crippen LogP) is 1.86. The smallest absolute Gasteiger partial charge is 0.253 e. The lowest BCUT2D eigenvalue weighted by Gasteiger charge is -2.22. The van der Waals surface area contributed by atoms with Crippen molar-refractivity contribution in [2.75, 3.05) is 6.54 Å². The topological polar surface area (TPSA) is 46.9 Å². The molecule has 0 bridgehead atoms. The summed E-state index contributed by atoms with van der Waals surface area (Å²) >= 11 is 0. The zero-order valence-corrected chi connectivity index (χ0v) is 11.2. The number of rotatable bonds is 5. The van der Waals surface area contributed by atoms with Gasteiger partial charge in [-0.1, -0.05) is 19.3 Å². The average molecular weight is 249 g/mol. The van der Waals surface area contributed by atoms with E-state index >= 15 is 0 Å². The van der Waals surface area contributed by atoms with E-state index in [1.807, 2.05) is 6.92 Å². The largest absolute Gasteiger partial charge is 0.314 e. The van der Waals surface area contributed by atoms with Crippen molar-refractivity contribution in [1.82, 2.24) is 14.9 Å². The Morgan fingerprint density at radius 3 is 2.89 bits per heavy atom. The maximum absolute atomic E-state index is 11.6. The molecule has 0 spiro atoms. The monoisotopic (exact) mass is 249 g/mol. The second kappa shape index (κ2) is 6.69. The maximum atomic E-state index is 11.6. The van der Waals surface area contributed by atoms with Gasteiger partial charge in [-0.25, -0.2) is 4.98 Å². The normalized spacial score (nSPS) is 16.9. The van der Waals surface area contributed by atoms with Gasteiger partial charge >= 0.3 is 0 Å². The van der Waals surface area contributed by atoms with Gasteiger partial charge in [0.15, 0.2) is 0 Å². The van der Waals surface area contributed by atoms with Crippen LogP contribution in [0.3, 0.4) is 0 Å². The molecule has 1 heterocycles. The maximum Gasteiger partial charge on any atom is 0.253 e. The van der Waals surface area contributed by atoms with E-state index in [9.17, 15) is 4.79 Å². The zero-order chi connectivity index (χ0) is 12.8. The summed E-state index contributed by atoms with van der Waals surface area (Å²) in [6.45, 7) is 3.59. The summed E-state index contributed by atoms with van der Waals surface area (Å²) in [6.07, 6.45) is 9.37. The van der Waals surface area contributed by atoms with E-state index in [-0.39, 0.29) is 5.56 Å². The first-order chi connectivity index (χ1) is 8.75. The molecule has 0 atom stereocenters. The third kappa shape index (κ3) is 3.95. The number of nitrogens with zero attached hydrogens (tertiary/aromatic N) is 2. The fourth-order valence-electron chi connectivity index (χ4n) is 2.55. The van der Waals surface area contributed by atoms with E-state index in [0.717, 1.165) is 25.2 Å². The van der Waals surface area contributed by atoms with Crippen molar-refractivity contribution in [3.8, 4) is 0 Å². The first-order valence-corrected chi connectivity index (χ1v) is 7.02. The van der Waals surface area contributed by atoms with Crippen molar-refractivity contribution in [3.05, 3.63) is 28.4 Å². The van der Waals surface area contributed by atoms with Crippen molar-refractivity contribution >= 4 is 0 Å². The molecule has 0 unspecified atom stereocenters. The molecule has 0 aliphatic heterocycles. The molecule has 4 heteroatoms. The lowest BCUT2D eigenvalue weighted by Crippen LogP contribution is -2.32. The average Bonchev–Trinajstić information content (AvgIpc) is 2.38. The summed E-state index contributed by atoms with van der Waals surface area (Å²) in [7, 11) is 0. The van der Waals surface area contributed by atoms with Crippen molar-refractivity contribution in [1.29, 1.82) is 0 Å². The van der Waals surface area contributed by atoms with Crippen molar-refractivity contribution in [2.24, 2.45) is 0 Å². The summed E-state index contributed by atoms with van der Waals surface area (Å²) in [6, 6.07) is 2.29. The van der Waals surface area contributed by atoms with Crippen molar-refractivity contribution < 1.29 is 0 Å². The first-order valence-electron chi connectivity index (χ1n) is 7.02. The van der Waals surface area contributed by atoms with Crippen molar-refractivity contribution in [3.63, 3.8) is 0 Å². The van der Waals surface area contributed by atoms with Crippen LogP contribution in [-0.4, -0.2) is 22.1 Å².